The normalized spacial score (nSPS) is 10.6. The van der Waals surface area contributed by atoms with Crippen molar-refractivity contribution in [2.45, 2.75) is 12.8 Å². The molecule has 0 aliphatic carbocycles. The van der Waals surface area contributed by atoms with E-state index in [2.05, 4.69) is 10.3 Å². The second-order valence-electron chi connectivity index (χ2n) is 6.70. The van der Waals surface area contributed by atoms with Gasteiger partial charge in [-0.1, -0.05) is 42.5 Å². The zero-order chi connectivity index (χ0) is 21.5. The van der Waals surface area contributed by atoms with E-state index in [9.17, 15) is 9.59 Å². The maximum absolute atomic E-state index is 12.3. The summed E-state index contributed by atoms with van der Waals surface area (Å²) in [6.07, 6.45) is 0.647. The van der Waals surface area contributed by atoms with E-state index in [1.165, 1.54) is 0 Å². The van der Waals surface area contributed by atoms with Crippen molar-refractivity contribution >= 4 is 39.1 Å². The van der Waals surface area contributed by atoms with Crippen molar-refractivity contribution in [3.63, 3.8) is 0 Å². The van der Waals surface area contributed by atoms with Crippen molar-refractivity contribution < 1.29 is 19.1 Å². The Hall–Kier alpha value is -3.71. The van der Waals surface area contributed by atoms with Gasteiger partial charge in [0.25, 0.3) is 5.91 Å². The van der Waals surface area contributed by atoms with Gasteiger partial charge in [-0.05, 0) is 36.4 Å². The van der Waals surface area contributed by atoms with Crippen LogP contribution >= 0.6 is 11.3 Å². The maximum atomic E-state index is 12.3. The first-order valence-corrected chi connectivity index (χ1v) is 10.6. The van der Waals surface area contributed by atoms with Gasteiger partial charge in [-0.15, -0.1) is 11.3 Å². The molecule has 156 valence electrons. The van der Waals surface area contributed by atoms with Crippen molar-refractivity contribution in [3.05, 3.63) is 83.9 Å². The second-order valence-corrected chi connectivity index (χ2v) is 7.81. The molecule has 0 bridgehead atoms. The van der Waals surface area contributed by atoms with Gasteiger partial charge in [0.1, 0.15) is 5.75 Å². The van der Waals surface area contributed by atoms with E-state index in [1.54, 1.807) is 29.5 Å². The number of aromatic nitrogens is 1. The average Bonchev–Trinajstić information content (AvgIpc) is 3.21. The van der Waals surface area contributed by atoms with Gasteiger partial charge in [-0.3, -0.25) is 9.59 Å². The molecule has 31 heavy (non-hydrogen) atoms. The summed E-state index contributed by atoms with van der Waals surface area (Å²) in [5.41, 5.74) is 1.42. The third-order valence-electron chi connectivity index (χ3n) is 4.38. The predicted molar refractivity (Wildman–Crippen MR) is 120 cm³/mol. The average molecular weight is 433 g/mol. The number of para-hydroxylation sites is 4. The van der Waals surface area contributed by atoms with Gasteiger partial charge in [0.05, 0.1) is 27.3 Å². The topological polar surface area (TPSA) is 77.5 Å². The summed E-state index contributed by atoms with van der Waals surface area (Å²) in [5, 5.41) is 3.60. The molecule has 0 unspecified atom stereocenters. The van der Waals surface area contributed by atoms with Crippen LogP contribution in [0.25, 0.3) is 10.2 Å². The van der Waals surface area contributed by atoms with Crippen LogP contribution in [-0.4, -0.2) is 23.5 Å². The molecule has 4 aromatic rings. The lowest BCUT2D eigenvalue weighted by Gasteiger charge is -2.12. The predicted octanol–water partition coefficient (Wildman–Crippen LogP) is 5.20. The van der Waals surface area contributed by atoms with Gasteiger partial charge in [0.2, 0.25) is 0 Å². The first-order valence-electron chi connectivity index (χ1n) is 9.79. The number of hydrogen-bond donors (Lipinski definition) is 1. The number of carbonyl (C=O) groups excluding carboxylic acids is 2. The van der Waals surface area contributed by atoms with E-state index < -0.39 is 11.9 Å². The summed E-state index contributed by atoms with van der Waals surface area (Å²) in [6.45, 7) is -0.363. The Morgan fingerprint density at radius 3 is 2.48 bits per heavy atom. The van der Waals surface area contributed by atoms with E-state index in [0.717, 1.165) is 15.2 Å². The number of esters is 1. The summed E-state index contributed by atoms with van der Waals surface area (Å²) in [6, 6.07) is 24.2. The van der Waals surface area contributed by atoms with Crippen LogP contribution in [0.3, 0.4) is 0 Å². The van der Waals surface area contributed by atoms with Crippen LogP contribution in [0.4, 0.5) is 5.69 Å². The zero-order valence-electron chi connectivity index (χ0n) is 16.6. The highest BCUT2D eigenvalue weighted by Gasteiger charge is 2.12. The lowest BCUT2D eigenvalue weighted by molar-refractivity contribution is -0.147. The molecule has 6 nitrogen and oxygen atoms in total. The third-order valence-corrected chi connectivity index (χ3v) is 5.47. The second kappa shape index (κ2) is 9.86. The molecule has 4 rings (SSSR count). The molecule has 0 atom stereocenters. The van der Waals surface area contributed by atoms with Gasteiger partial charge in [0, 0.05) is 6.42 Å². The quantitative estimate of drug-likeness (QED) is 0.387. The lowest BCUT2D eigenvalue weighted by atomic mass is 10.3. The fourth-order valence-electron chi connectivity index (χ4n) is 2.91. The van der Waals surface area contributed by atoms with E-state index in [-0.39, 0.29) is 13.0 Å². The SMILES string of the molecule is O=C(COC(=O)CCc1nc2ccccc2s1)Nc1ccccc1Oc1ccccc1. The molecular weight excluding hydrogens is 412 g/mol. The van der Waals surface area contributed by atoms with Crippen molar-refractivity contribution in [3.8, 4) is 11.5 Å². The number of nitrogens with one attached hydrogen (secondary N) is 1. The number of ether oxygens (including phenoxy) is 2. The summed E-state index contributed by atoms with van der Waals surface area (Å²) < 4.78 is 12.0. The number of nitrogens with zero attached hydrogens (tertiary/aromatic N) is 1. The first kappa shape index (κ1) is 20.6. The van der Waals surface area contributed by atoms with Crippen molar-refractivity contribution in [1.82, 2.24) is 4.98 Å². The van der Waals surface area contributed by atoms with Crippen LogP contribution in [0, 0.1) is 0 Å². The number of carbonyl (C=O) groups is 2. The minimum Gasteiger partial charge on any atom is -0.456 e. The Balaban J connectivity index is 1.26. The largest absolute Gasteiger partial charge is 0.456 e. The number of thiazole rings is 1. The van der Waals surface area contributed by atoms with Crippen molar-refractivity contribution in [2.75, 3.05) is 11.9 Å². The van der Waals surface area contributed by atoms with Gasteiger partial charge >= 0.3 is 5.97 Å². The summed E-state index contributed by atoms with van der Waals surface area (Å²) in [5.74, 6) is 0.287. The fourth-order valence-corrected chi connectivity index (χ4v) is 3.88. The molecule has 0 aliphatic rings. The van der Waals surface area contributed by atoms with Crippen LogP contribution in [0.2, 0.25) is 0 Å². The van der Waals surface area contributed by atoms with Crippen LogP contribution in [0.1, 0.15) is 11.4 Å². The first-order chi connectivity index (χ1) is 15.2. The molecule has 1 aromatic heterocycles. The third kappa shape index (κ3) is 5.67. The van der Waals surface area contributed by atoms with Crippen molar-refractivity contribution in [1.29, 1.82) is 0 Å². The molecule has 1 heterocycles. The number of amides is 1. The number of rotatable bonds is 8. The van der Waals surface area contributed by atoms with Gasteiger partial charge in [0.15, 0.2) is 12.4 Å². The number of aryl methyl sites for hydroxylation is 1. The molecule has 1 amide bonds. The summed E-state index contributed by atoms with van der Waals surface area (Å²) in [7, 11) is 0. The summed E-state index contributed by atoms with van der Waals surface area (Å²) in [4.78, 5) is 28.8. The Morgan fingerprint density at radius 2 is 1.65 bits per heavy atom. The molecule has 3 aromatic carbocycles. The molecule has 0 radical (unpaired) electrons. The number of hydrogen-bond acceptors (Lipinski definition) is 6. The molecule has 7 heteroatoms. The highest BCUT2D eigenvalue weighted by atomic mass is 32.1. The van der Waals surface area contributed by atoms with E-state index in [0.29, 0.717) is 23.6 Å². The van der Waals surface area contributed by atoms with Crippen LogP contribution in [-0.2, 0) is 20.7 Å². The monoisotopic (exact) mass is 432 g/mol. The van der Waals surface area contributed by atoms with Gasteiger partial charge < -0.3 is 14.8 Å². The number of fused-ring (bicyclic) bond motifs is 1. The molecule has 0 saturated carbocycles. The highest BCUT2D eigenvalue weighted by Crippen LogP contribution is 2.29. The molecule has 0 fully saturated rings. The number of anilines is 1. The van der Waals surface area contributed by atoms with Crippen LogP contribution < -0.4 is 10.1 Å². The zero-order valence-corrected chi connectivity index (χ0v) is 17.4. The maximum Gasteiger partial charge on any atom is 0.306 e. The molecule has 0 spiro atoms. The van der Waals surface area contributed by atoms with Crippen molar-refractivity contribution in [2.24, 2.45) is 0 Å². The lowest BCUT2D eigenvalue weighted by Crippen LogP contribution is -2.21. The Morgan fingerprint density at radius 1 is 0.903 bits per heavy atom. The highest BCUT2D eigenvalue weighted by molar-refractivity contribution is 7.18. The Bertz CT molecular complexity index is 1160. The minimum absolute atomic E-state index is 0.167. The van der Waals surface area contributed by atoms with E-state index in [4.69, 9.17) is 9.47 Å². The van der Waals surface area contributed by atoms with E-state index in [1.807, 2.05) is 60.7 Å². The van der Waals surface area contributed by atoms with Gasteiger partial charge in [-0.25, -0.2) is 4.98 Å². The van der Waals surface area contributed by atoms with E-state index >= 15 is 0 Å². The molecule has 0 saturated heterocycles. The number of benzene rings is 3. The van der Waals surface area contributed by atoms with Crippen LogP contribution in [0.15, 0.2) is 78.9 Å². The molecule has 0 aliphatic heterocycles. The molecular formula is C24H20N2O4S. The van der Waals surface area contributed by atoms with Crippen LogP contribution in [0.5, 0.6) is 11.5 Å². The fraction of sp³-hybridized carbons (Fsp3) is 0.125. The Kier molecular flexibility index (Phi) is 6.54. The Labute approximate surface area is 183 Å². The smallest absolute Gasteiger partial charge is 0.306 e. The minimum atomic E-state index is -0.441. The van der Waals surface area contributed by atoms with Gasteiger partial charge in [-0.2, -0.15) is 0 Å². The standard InChI is InChI=1S/C24H20N2O4S/c27-22(25-18-10-4-6-12-20(18)30-17-8-2-1-3-9-17)16-29-24(28)15-14-23-26-19-11-5-7-13-21(19)31-23/h1-13H,14-16H2,(H,25,27). The summed E-state index contributed by atoms with van der Waals surface area (Å²) >= 11 is 1.56. The molecule has 1 N–H and O–H groups in total.